The van der Waals surface area contributed by atoms with Gasteiger partial charge in [0.1, 0.15) is 11.8 Å². The molecule has 0 unspecified atom stereocenters. The number of aromatic amines is 1. The molecular formula is C31H36N4O3. The number of rotatable bonds is 9. The fraction of sp³-hybridized carbons (Fsp3) is 0.355. The zero-order valence-corrected chi connectivity index (χ0v) is 22.2. The van der Waals surface area contributed by atoms with Gasteiger partial charge in [0.05, 0.1) is 19.2 Å². The van der Waals surface area contributed by atoms with Gasteiger partial charge < -0.3 is 24.5 Å². The third kappa shape index (κ3) is 5.77. The smallest absolute Gasteiger partial charge is 0.247 e. The van der Waals surface area contributed by atoms with Crippen molar-refractivity contribution < 1.29 is 14.0 Å². The van der Waals surface area contributed by atoms with Crippen LogP contribution in [0, 0.1) is 0 Å². The number of para-hydroxylation sites is 1. The van der Waals surface area contributed by atoms with Gasteiger partial charge in [-0.05, 0) is 54.3 Å². The predicted molar refractivity (Wildman–Crippen MR) is 150 cm³/mol. The Balaban J connectivity index is 1.50. The normalized spacial score (nSPS) is 14.8. The van der Waals surface area contributed by atoms with Gasteiger partial charge in [-0.25, -0.2) is 0 Å². The molecule has 2 aromatic carbocycles. The van der Waals surface area contributed by atoms with Gasteiger partial charge in [-0.1, -0.05) is 49.6 Å². The molecule has 4 aromatic rings. The molecule has 38 heavy (non-hydrogen) atoms. The van der Waals surface area contributed by atoms with Crippen molar-refractivity contribution in [1.29, 1.82) is 0 Å². The summed E-state index contributed by atoms with van der Waals surface area (Å²) in [7, 11) is 3.96. The highest BCUT2D eigenvalue weighted by Gasteiger charge is 2.34. The van der Waals surface area contributed by atoms with Gasteiger partial charge in [-0.3, -0.25) is 9.59 Å². The summed E-state index contributed by atoms with van der Waals surface area (Å²) in [6.45, 7) is 0.201. The van der Waals surface area contributed by atoms with Crippen LogP contribution >= 0.6 is 0 Å². The molecule has 0 aliphatic heterocycles. The van der Waals surface area contributed by atoms with E-state index in [1.807, 2.05) is 79.8 Å². The van der Waals surface area contributed by atoms with Gasteiger partial charge in [0.15, 0.2) is 0 Å². The standard InChI is InChI=1S/C31H36N4O3/c1-34(2)25-16-14-22(15-17-25)30(31(37)33-24-9-4-3-5-10-24)35(21-26-11-8-18-38-26)29(36)19-23-20-32-28-13-7-6-12-27(23)28/h6-8,11-18,20,24,30,32H,3-5,9-10,19,21H2,1-2H3,(H,33,37)/t30-/m1/s1. The molecule has 0 radical (unpaired) electrons. The maximum absolute atomic E-state index is 14.0. The number of carbonyl (C=O) groups is 2. The minimum absolute atomic E-state index is 0.133. The van der Waals surface area contributed by atoms with Crippen molar-refractivity contribution >= 4 is 28.4 Å². The number of hydrogen-bond donors (Lipinski definition) is 2. The second-order valence-electron chi connectivity index (χ2n) is 10.4. The lowest BCUT2D eigenvalue weighted by Gasteiger charge is -2.33. The summed E-state index contributed by atoms with van der Waals surface area (Å²) in [5.74, 6) is 0.359. The first-order valence-electron chi connectivity index (χ1n) is 13.4. The van der Waals surface area contributed by atoms with E-state index in [-0.39, 0.29) is 30.8 Å². The number of hydrogen-bond acceptors (Lipinski definition) is 4. The van der Waals surface area contributed by atoms with E-state index >= 15 is 0 Å². The van der Waals surface area contributed by atoms with Crippen LogP contribution in [0.1, 0.15) is 55.0 Å². The number of amides is 2. The molecule has 5 rings (SSSR count). The highest BCUT2D eigenvalue weighted by Crippen LogP contribution is 2.29. The Kier molecular flexibility index (Phi) is 7.82. The van der Waals surface area contributed by atoms with E-state index in [1.54, 1.807) is 17.2 Å². The van der Waals surface area contributed by atoms with Crippen LogP contribution < -0.4 is 10.2 Å². The van der Waals surface area contributed by atoms with Crippen LogP contribution in [0.3, 0.4) is 0 Å². The zero-order valence-electron chi connectivity index (χ0n) is 22.2. The van der Waals surface area contributed by atoms with Crippen LogP contribution in [0.5, 0.6) is 0 Å². The maximum Gasteiger partial charge on any atom is 0.247 e. The molecule has 2 N–H and O–H groups in total. The average Bonchev–Trinajstić information content (AvgIpc) is 3.59. The van der Waals surface area contributed by atoms with Crippen molar-refractivity contribution in [3.8, 4) is 0 Å². The highest BCUT2D eigenvalue weighted by atomic mass is 16.3. The van der Waals surface area contributed by atoms with Crippen molar-refractivity contribution in [2.75, 3.05) is 19.0 Å². The van der Waals surface area contributed by atoms with Crippen LogP contribution in [0.2, 0.25) is 0 Å². The summed E-state index contributed by atoms with van der Waals surface area (Å²) in [6, 6.07) is 18.8. The Bertz CT molecular complexity index is 1350. The summed E-state index contributed by atoms with van der Waals surface area (Å²) in [5, 5.41) is 4.29. The van der Waals surface area contributed by atoms with E-state index in [0.717, 1.165) is 53.4 Å². The van der Waals surface area contributed by atoms with E-state index in [4.69, 9.17) is 4.42 Å². The summed E-state index contributed by atoms with van der Waals surface area (Å²) in [6.07, 6.45) is 9.03. The van der Waals surface area contributed by atoms with E-state index in [0.29, 0.717) is 5.76 Å². The monoisotopic (exact) mass is 512 g/mol. The van der Waals surface area contributed by atoms with Gasteiger partial charge in [-0.15, -0.1) is 0 Å². The number of nitrogens with one attached hydrogen (secondary N) is 2. The molecular weight excluding hydrogens is 476 g/mol. The third-order valence-corrected chi connectivity index (χ3v) is 7.48. The summed E-state index contributed by atoms with van der Waals surface area (Å²) >= 11 is 0. The van der Waals surface area contributed by atoms with Crippen molar-refractivity contribution in [3.05, 3.63) is 90.0 Å². The number of aromatic nitrogens is 1. The number of H-pyrrole nitrogens is 1. The molecule has 2 amide bonds. The Labute approximate surface area is 223 Å². The van der Waals surface area contributed by atoms with Crippen molar-refractivity contribution in [1.82, 2.24) is 15.2 Å². The quantitative estimate of drug-likeness (QED) is 0.306. The molecule has 0 saturated heterocycles. The number of furan rings is 1. The number of benzene rings is 2. The lowest BCUT2D eigenvalue weighted by Crippen LogP contribution is -2.47. The first-order chi connectivity index (χ1) is 18.5. The third-order valence-electron chi connectivity index (χ3n) is 7.48. The molecule has 0 bridgehead atoms. The molecule has 1 aliphatic carbocycles. The van der Waals surface area contributed by atoms with Crippen LogP contribution in [-0.2, 0) is 22.6 Å². The molecule has 2 heterocycles. The van der Waals surface area contributed by atoms with E-state index < -0.39 is 6.04 Å². The Morgan fingerprint density at radius 1 is 1.00 bits per heavy atom. The SMILES string of the molecule is CN(C)c1ccc([C@H](C(=O)NC2CCCCC2)N(Cc2ccco2)C(=O)Cc2c[nH]c3ccccc23)cc1. The van der Waals surface area contributed by atoms with Gasteiger partial charge in [-0.2, -0.15) is 0 Å². The lowest BCUT2D eigenvalue weighted by molar-refractivity contribution is -0.141. The predicted octanol–water partition coefficient (Wildman–Crippen LogP) is 5.59. The second-order valence-corrected chi connectivity index (χ2v) is 10.4. The molecule has 2 aromatic heterocycles. The fourth-order valence-electron chi connectivity index (χ4n) is 5.39. The Morgan fingerprint density at radius 2 is 1.76 bits per heavy atom. The molecule has 1 saturated carbocycles. The van der Waals surface area contributed by atoms with Crippen LogP contribution in [0.15, 0.2) is 77.5 Å². The number of nitrogens with zero attached hydrogens (tertiary/aromatic N) is 2. The molecule has 1 fully saturated rings. The first kappa shape index (κ1) is 25.6. The molecule has 0 spiro atoms. The topological polar surface area (TPSA) is 81.6 Å². The molecule has 1 atom stereocenters. The largest absolute Gasteiger partial charge is 0.467 e. The Hall–Kier alpha value is -4.00. The minimum Gasteiger partial charge on any atom is -0.467 e. The van der Waals surface area contributed by atoms with Gasteiger partial charge in [0, 0.05) is 42.9 Å². The fourth-order valence-corrected chi connectivity index (χ4v) is 5.39. The van der Waals surface area contributed by atoms with Crippen molar-refractivity contribution in [2.45, 2.75) is 57.2 Å². The molecule has 198 valence electrons. The van der Waals surface area contributed by atoms with Crippen LogP contribution in [0.4, 0.5) is 5.69 Å². The first-order valence-corrected chi connectivity index (χ1v) is 13.4. The minimum atomic E-state index is -0.782. The Morgan fingerprint density at radius 3 is 2.47 bits per heavy atom. The maximum atomic E-state index is 14.0. The van der Waals surface area contributed by atoms with E-state index in [9.17, 15) is 9.59 Å². The van der Waals surface area contributed by atoms with Crippen molar-refractivity contribution in [3.63, 3.8) is 0 Å². The number of carbonyl (C=O) groups excluding carboxylic acids is 2. The second kappa shape index (κ2) is 11.6. The van der Waals surface area contributed by atoms with Crippen LogP contribution in [0.25, 0.3) is 10.9 Å². The number of fused-ring (bicyclic) bond motifs is 1. The highest BCUT2D eigenvalue weighted by molar-refractivity contribution is 5.92. The summed E-state index contributed by atoms with van der Waals surface area (Å²) in [4.78, 5) is 35.0. The van der Waals surface area contributed by atoms with Crippen LogP contribution in [-0.4, -0.2) is 41.8 Å². The summed E-state index contributed by atoms with van der Waals surface area (Å²) < 4.78 is 5.65. The van der Waals surface area contributed by atoms with Gasteiger partial charge >= 0.3 is 0 Å². The molecule has 7 nitrogen and oxygen atoms in total. The zero-order chi connectivity index (χ0) is 26.5. The molecule has 7 heteroatoms. The van der Waals surface area contributed by atoms with Gasteiger partial charge in [0.2, 0.25) is 11.8 Å². The van der Waals surface area contributed by atoms with E-state index in [1.165, 1.54) is 6.42 Å². The van der Waals surface area contributed by atoms with E-state index in [2.05, 4.69) is 10.3 Å². The summed E-state index contributed by atoms with van der Waals surface area (Å²) in [5.41, 5.74) is 3.70. The van der Waals surface area contributed by atoms with Gasteiger partial charge in [0.25, 0.3) is 0 Å². The lowest BCUT2D eigenvalue weighted by atomic mass is 9.94. The number of anilines is 1. The van der Waals surface area contributed by atoms with Crippen molar-refractivity contribution in [2.24, 2.45) is 0 Å². The molecule has 1 aliphatic rings. The average molecular weight is 513 g/mol.